The van der Waals surface area contributed by atoms with Crippen molar-refractivity contribution in [3.05, 3.63) is 30.1 Å². The zero-order valence-electron chi connectivity index (χ0n) is 7.97. The highest BCUT2D eigenvalue weighted by atomic mass is 16.2. The second-order valence-electron chi connectivity index (χ2n) is 2.72. The third kappa shape index (κ3) is 2.30. The van der Waals surface area contributed by atoms with Crippen LogP contribution in [0, 0.1) is 11.3 Å². The Morgan fingerprint density at radius 1 is 1.71 bits per heavy atom. The molecule has 0 aromatic carbocycles. The molecule has 1 aromatic heterocycles. The lowest BCUT2D eigenvalue weighted by Crippen LogP contribution is -2.31. The number of amides is 1. The summed E-state index contributed by atoms with van der Waals surface area (Å²) >= 11 is 0. The molecule has 0 radical (unpaired) electrons. The van der Waals surface area contributed by atoms with Crippen LogP contribution >= 0.6 is 0 Å². The number of nitrogens with zero attached hydrogens (tertiary/aromatic N) is 3. The molecule has 1 rings (SSSR count). The van der Waals surface area contributed by atoms with Crippen molar-refractivity contribution in [3.8, 4) is 6.07 Å². The van der Waals surface area contributed by atoms with Crippen LogP contribution in [0.25, 0.3) is 0 Å². The van der Waals surface area contributed by atoms with Crippen molar-refractivity contribution in [3.63, 3.8) is 0 Å². The van der Waals surface area contributed by atoms with E-state index in [9.17, 15) is 4.79 Å². The number of carbonyl (C=O) groups excluding carboxylic acids is 1. The first-order valence-corrected chi connectivity index (χ1v) is 4.35. The summed E-state index contributed by atoms with van der Waals surface area (Å²) in [6, 6.07) is 5.35. The molecule has 72 valence electrons. The largest absolute Gasteiger partial charge is 0.326 e. The lowest BCUT2D eigenvalue weighted by molar-refractivity contribution is 0.0784. The normalized spacial score (nSPS) is 9.14. The molecule has 0 aliphatic rings. The highest BCUT2D eigenvalue weighted by Gasteiger charge is 2.12. The topological polar surface area (TPSA) is 57.0 Å². The second kappa shape index (κ2) is 4.97. The van der Waals surface area contributed by atoms with E-state index in [1.807, 2.05) is 13.0 Å². The average Bonchev–Trinajstić information content (AvgIpc) is 2.26. The fourth-order valence-electron chi connectivity index (χ4n) is 1.08. The Morgan fingerprint density at radius 3 is 3.00 bits per heavy atom. The van der Waals surface area contributed by atoms with Gasteiger partial charge >= 0.3 is 0 Å². The third-order valence-corrected chi connectivity index (χ3v) is 1.84. The highest BCUT2D eigenvalue weighted by molar-refractivity contribution is 5.93. The van der Waals surface area contributed by atoms with Crippen LogP contribution in [0.3, 0.4) is 0 Å². The van der Waals surface area contributed by atoms with Gasteiger partial charge in [-0.15, -0.1) is 0 Å². The van der Waals surface area contributed by atoms with E-state index in [4.69, 9.17) is 5.26 Å². The number of rotatable bonds is 3. The monoisotopic (exact) mass is 189 g/mol. The number of pyridine rings is 1. The molecule has 0 saturated heterocycles. The predicted octanol–water partition coefficient (Wildman–Crippen LogP) is 1.07. The first-order chi connectivity index (χ1) is 6.79. The Morgan fingerprint density at radius 2 is 2.50 bits per heavy atom. The summed E-state index contributed by atoms with van der Waals surface area (Å²) in [5.41, 5.74) is 0.518. The summed E-state index contributed by atoms with van der Waals surface area (Å²) in [6.07, 6.45) is 3.11. The first kappa shape index (κ1) is 10.2. The molecule has 0 N–H and O–H groups in total. The van der Waals surface area contributed by atoms with Crippen LogP contribution in [0.15, 0.2) is 24.5 Å². The molecule has 1 heterocycles. The van der Waals surface area contributed by atoms with Gasteiger partial charge in [-0.05, 0) is 19.1 Å². The van der Waals surface area contributed by atoms with Gasteiger partial charge in [-0.25, -0.2) is 0 Å². The maximum absolute atomic E-state index is 11.7. The molecule has 0 aliphatic carbocycles. The minimum absolute atomic E-state index is 0.115. The summed E-state index contributed by atoms with van der Waals surface area (Å²) in [5, 5.41) is 8.50. The SMILES string of the molecule is CCN(CC#N)C(=O)c1cccnc1. The molecular formula is C10H11N3O. The van der Waals surface area contributed by atoms with Crippen molar-refractivity contribution in [2.75, 3.05) is 13.1 Å². The zero-order chi connectivity index (χ0) is 10.4. The summed E-state index contributed by atoms with van der Waals surface area (Å²) in [5.74, 6) is -0.151. The standard InChI is InChI=1S/C10H11N3O/c1-2-13(7-5-11)10(14)9-4-3-6-12-8-9/h3-4,6,8H,2,7H2,1H3. The Bertz CT molecular complexity index is 342. The van der Waals surface area contributed by atoms with Gasteiger partial charge in [-0.1, -0.05) is 0 Å². The van der Waals surface area contributed by atoms with Gasteiger partial charge in [0, 0.05) is 18.9 Å². The second-order valence-corrected chi connectivity index (χ2v) is 2.72. The van der Waals surface area contributed by atoms with Crippen molar-refractivity contribution >= 4 is 5.91 Å². The van der Waals surface area contributed by atoms with Crippen LogP contribution in [-0.2, 0) is 0 Å². The summed E-state index contributed by atoms with van der Waals surface area (Å²) in [6.45, 7) is 2.48. The molecule has 0 bridgehead atoms. The lowest BCUT2D eigenvalue weighted by Gasteiger charge is -2.16. The molecule has 0 saturated carbocycles. The molecule has 0 aliphatic heterocycles. The number of carbonyl (C=O) groups is 1. The average molecular weight is 189 g/mol. The van der Waals surface area contributed by atoms with Gasteiger partial charge in [-0.3, -0.25) is 9.78 Å². The minimum Gasteiger partial charge on any atom is -0.326 e. The smallest absolute Gasteiger partial charge is 0.256 e. The van der Waals surface area contributed by atoms with Crippen molar-refractivity contribution < 1.29 is 4.79 Å². The van der Waals surface area contributed by atoms with E-state index < -0.39 is 0 Å². The lowest BCUT2D eigenvalue weighted by atomic mass is 10.2. The van der Waals surface area contributed by atoms with Crippen molar-refractivity contribution in [2.24, 2.45) is 0 Å². The van der Waals surface area contributed by atoms with E-state index >= 15 is 0 Å². The quantitative estimate of drug-likeness (QED) is 0.668. The minimum atomic E-state index is -0.151. The van der Waals surface area contributed by atoms with Gasteiger partial charge in [0.05, 0.1) is 11.6 Å². The van der Waals surface area contributed by atoms with Crippen LogP contribution in [0.2, 0.25) is 0 Å². The molecular weight excluding hydrogens is 178 g/mol. The summed E-state index contributed by atoms with van der Waals surface area (Å²) in [4.78, 5) is 17.0. The zero-order valence-corrected chi connectivity index (χ0v) is 7.97. The van der Waals surface area contributed by atoms with Crippen LogP contribution in [0.4, 0.5) is 0 Å². The summed E-state index contributed by atoms with van der Waals surface area (Å²) < 4.78 is 0. The van der Waals surface area contributed by atoms with Gasteiger partial charge in [0.25, 0.3) is 5.91 Å². The molecule has 1 aromatic rings. The number of hydrogen-bond donors (Lipinski definition) is 0. The molecule has 14 heavy (non-hydrogen) atoms. The number of nitriles is 1. The molecule has 4 heteroatoms. The van der Waals surface area contributed by atoms with E-state index in [1.54, 1.807) is 18.3 Å². The first-order valence-electron chi connectivity index (χ1n) is 4.35. The Labute approximate surface area is 82.8 Å². The molecule has 0 unspecified atom stereocenters. The van der Waals surface area contributed by atoms with E-state index in [0.29, 0.717) is 12.1 Å². The van der Waals surface area contributed by atoms with Crippen molar-refractivity contribution in [1.82, 2.24) is 9.88 Å². The fraction of sp³-hybridized carbons (Fsp3) is 0.300. The van der Waals surface area contributed by atoms with Crippen molar-refractivity contribution in [2.45, 2.75) is 6.92 Å². The third-order valence-electron chi connectivity index (χ3n) is 1.84. The van der Waals surface area contributed by atoms with E-state index in [0.717, 1.165) is 0 Å². The molecule has 0 atom stereocenters. The maximum Gasteiger partial charge on any atom is 0.256 e. The van der Waals surface area contributed by atoms with E-state index in [-0.39, 0.29) is 12.5 Å². The van der Waals surface area contributed by atoms with Gasteiger partial charge in [-0.2, -0.15) is 5.26 Å². The van der Waals surface area contributed by atoms with Crippen LogP contribution < -0.4 is 0 Å². The van der Waals surface area contributed by atoms with Gasteiger partial charge in [0.1, 0.15) is 6.54 Å². The van der Waals surface area contributed by atoms with Gasteiger partial charge in [0.2, 0.25) is 0 Å². The molecule has 1 amide bonds. The summed E-state index contributed by atoms with van der Waals surface area (Å²) in [7, 11) is 0. The van der Waals surface area contributed by atoms with Gasteiger partial charge in [0.15, 0.2) is 0 Å². The number of hydrogen-bond acceptors (Lipinski definition) is 3. The van der Waals surface area contributed by atoms with E-state index in [1.165, 1.54) is 11.1 Å². The predicted molar refractivity (Wildman–Crippen MR) is 51.4 cm³/mol. The van der Waals surface area contributed by atoms with Crippen molar-refractivity contribution in [1.29, 1.82) is 5.26 Å². The Balaban J connectivity index is 2.79. The van der Waals surface area contributed by atoms with Crippen LogP contribution in [0.5, 0.6) is 0 Å². The Hall–Kier alpha value is -1.89. The maximum atomic E-state index is 11.7. The number of aromatic nitrogens is 1. The molecule has 0 fully saturated rings. The Kier molecular flexibility index (Phi) is 3.62. The fourth-order valence-corrected chi connectivity index (χ4v) is 1.08. The molecule has 0 spiro atoms. The van der Waals surface area contributed by atoms with E-state index in [2.05, 4.69) is 4.98 Å². The molecule has 4 nitrogen and oxygen atoms in total. The highest BCUT2D eigenvalue weighted by Crippen LogP contribution is 2.01. The van der Waals surface area contributed by atoms with Crippen LogP contribution in [0.1, 0.15) is 17.3 Å². The van der Waals surface area contributed by atoms with Crippen LogP contribution in [-0.4, -0.2) is 28.9 Å². The van der Waals surface area contributed by atoms with Gasteiger partial charge < -0.3 is 4.90 Å².